The Balaban J connectivity index is 2.16. The summed E-state index contributed by atoms with van der Waals surface area (Å²) in [5.74, 6) is 0.00522. The smallest absolute Gasteiger partial charge is 0.305 e. The predicted octanol–water partition coefficient (Wildman–Crippen LogP) is 2.81. The summed E-state index contributed by atoms with van der Waals surface area (Å²) in [6, 6.07) is 3.38. The second kappa shape index (κ2) is 4.51. The monoisotopic (exact) mass is 271 g/mol. The fraction of sp³-hybridized carbons (Fsp3) is 0.917. The van der Waals surface area contributed by atoms with Gasteiger partial charge in [0.25, 0.3) is 0 Å². The van der Waals surface area contributed by atoms with Crippen LogP contribution >= 0.6 is 0 Å². The van der Waals surface area contributed by atoms with Gasteiger partial charge in [0.2, 0.25) is 0 Å². The van der Waals surface area contributed by atoms with E-state index in [-0.39, 0.29) is 5.97 Å². The van der Waals surface area contributed by atoms with Crippen molar-refractivity contribution >= 4 is 22.4 Å². The lowest BCUT2D eigenvalue weighted by Crippen LogP contribution is -2.60. The van der Waals surface area contributed by atoms with Crippen LogP contribution in [0.15, 0.2) is 0 Å². The quantitative estimate of drug-likeness (QED) is 0.542. The van der Waals surface area contributed by atoms with Crippen molar-refractivity contribution in [1.82, 2.24) is 4.23 Å². The number of rotatable bonds is 1. The summed E-state index contributed by atoms with van der Waals surface area (Å²) < 4.78 is 8.25. The molecular formula is C12H25NO2Si2. The number of carbonyl (C=O) groups excluding carboxylic acids is 1. The van der Waals surface area contributed by atoms with E-state index in [1.165, 1.54) is 12.1 Å². The van der Waals surface area contributed by atoms with E-state index < -0.39 is 16.5 Å². The fourth-order valence-electron chi connectivity index (χ4n) is 3.69. The van der Waals surface area contributed by atoms with Gasteiger partial charge in [0.15, 0.2) is 0 Å². The van der Waals surface area contributed by atoms with Crippen molar-refractivity contribution in [2.75, 3.05) is 6.61 Å². The molecule has 2 saturated heterocycles. The molecule has 2 heterocycles. The summed E-state index contributed by atoms with van der Waals surface area (Å²) in [6.07, 6.45) is 2.78. The zero-order valence-corrected chi connectivity index (χ0v) is 13.6. The summed E-state index contributed by atoms with van der Waals surface area (Å²) in [5, 5.41) is 0. The number of hydrogen-bond donors (Lipinski definition) is 0. The fourth-order valence-corrected chi connectivity index (χ4v) is 18.7. The Hall–Kier alpha value is -0.136. The van der Waals surface area contributed by atoms with Gasteiger partial charge in [-0.25, -0.2) is 0 Å². The first-order valence-corrected chi connectivity index (χ1v) is 13.1. The first-order valence-electron chi connectivity index (χ1n) is 6.78. The molecule has 0 amide bonds. The van der Waals surface area contributed by atoms with E-state index in [2.05, 4.69) is 30.4 Å². The van der Waals surface area contributed by atoms with Crippen molar-refractivity contribution in [1.29, 1.82) is 0 Å². The van der Waals surface area contributed by atoms with Crippen LogP contribution in [0.4, 0.5) is 0 Å². The van der Waals surface area contributed by atoms with Gasteiger partial charge in [0, 0.05) is 12.5 Å². The van der Waals surface area contributed by atoms with E-state index in [1.807, 2.05) is 0 Å². The molecular weight excluding hydrogens is 246 g/mol. The van der Waals surface area contributed by atoms with Crippen LogP contribution in [0.25, 0.3) is 0 Å². The van der Waals surface area contributed by atoms with Crippen molar-refractivity contribution in [3.05, 3.63) is 0 Å². The molecule has 0 aromatic rings. The summed E-state index contributed by atoms with van der Waals surface area (Å²) in [6.45, 7) is 10.6. The van der Waals surface area contributed by atoms with Gasteiger partial charge in [-0.2, -0.15) is 0 Å². The van der Waals surface area contributed by atoms with Crippen molar-refractivity contribution in [2.24, 2.45) is 0 Å². The van der Waals surface area contributed by atoms with Crippen LogP contribution in [0.1, 0.15) is 19.3 Å². The highest BCUT2D eigenvalue weighted by molar-refractivity contribution is 6.95. The van der Waals surface area contributed by atoms with Gasteiger partial charge in [0.1, 0.15) is 23.1 Å². The van der Waals surface area contributed by atoms with Crippen LogP contribution < -0.4 is 0 Å². The van der Waals surface area contributed by atoms with E-state index >= 15 is 0 Å². The lowest BCUT2D eigenvalue weighted by molar-refractivity contribution is -0.143. The minimum absolute atomic E-state index is 0.00522. The van der Waals surface area contributed by atoms with Gasteiger partial charge in [-0.1, -0.05) is 26.2 Å². The summed E-state index contributed by atoms with van der Waals surface area (Å²) in [7, 11) is -2.47. The van der Waals surface area contributed by atoms with Gasteiger partial charge in [-0.15, -0.1) is 0 Å². The molecule has 3 nitrogen and oxygen atoms in total. The molecule has 0 spiro atoms. The van der Waals surface area contributed by atoms with Crippen molar-refractivity contribution in [3.63, 3.8) is 0 Å². The molecule has 2 aliphatic rings. The number of hydrogen-bond acceptors (Lipinski definition) is 3. The second-order valence-electron chi connectivity index (χ2n) is 6.72. The highest BCUT2D eigenvalue weighted by atomic mass is 28.4. The third kappa shape index (κ3) is 2.66. The number of carbonyl (C=O) groups is 1. The standard InChI is InChI=1S/C12H25NO2Si2/c1-16(2)8-9-17(3,4)13(16)11-6-5-7-12(14)15-10-11/h11H,5-10H2,1-4H3. The van der Waals surface area contributed by atoms with Gasteiger partial charge in [-0.3, -0.25) is 4.79 Å². The van der Waals surface area contributed by atoms with Crippen molar-refractivity contribution in [3.8, 4) is 0 Å². The Bertz CT molecular complexity index is 302. The Morgan fingerprint density at radius 1 is 1.18 bits per heavy atom. The minimum Gasteiger partial charge on any atom is -0.464 e. The maximum Gasteiger partial charge on any atom is 0.305 e. The average molecular weight is 272 g/mol. The lowest BCUT2D eigenvalue weighted by atomic mass is 10.1. The van der Waals surface area contributed by atoms with Crippen LogP contribution in [0.3, 0.4) is 0 Å². The van der Waals surface area contributed by atoms with Gasteiger partial charge in [-0.05, 0) is 24.9 Å². The van der Waals surface area contributed by atoms with Gasteiger partial charge < -0.3 is 8.97 Å². The summed E-state index contributed by atoms with van der Waals surface area (Å²) in [4.78, 5) is 11.3. The Kier molecular flexibility index (Phi) is 3.53. The number of ether oxygens (including phenoxy) is 1. The molecule has 0 aromatic heterocycles. The lowest BCUT2D eigenvalue weighted by Gasteiger charge is -2.44. The van der Waals surface area contributed by atoms with Crippen LogP contribution in [0.2, 0.25) is 38.3 Å². The van der Waals surface area contributed by atoms with Crippen LogP contribution in [0, 0.1) is 0 Å². The third-order valence-corrected chi connectivity index (χ3v) is 14.8. The van der Waals surface area contributed by atoms with Crippen molar-refractivity contribution in [2.45, 2.75) is 63.6 Å². The molecule has 0 N–H and O–H groups in total. The number of esters is 1. The molecule has 98 valence electrons. The Morgan fingerprint density at radius 3 is 2.35 bits per heavy atom. The summed E-state index contributed by atoms with van der Waals surface area (Å²) >= 11 is 0. The van der Waals surface area contributed by atoms with Gasteiger partial charge in [0.05, 0.1) is 0 Å². The molecule has 0 aromatic carbocycles. The SMILES string of the molecule is C[Si]1(C)CC[Si](C)(C)N1C1CCCC(=O)OC1. The average Bonchev–Trinajstić information content (AvgIpc) is 2.40. The van der Waals surface area contributed by atoms with E-state index in [9.17, 15) is 4.79 Å². The zero-order chi connectivity index (χ0) is 12.7. The molecule has 5 heteroatoms. The van der Waals surface area contributed by atoms with E-state index in [4.69, 9.17) is 4.74 Å². The number of cyclic esters (lactones) is 1. The maximum absolute atomic E-state index is 11.3. The largest absolute Gasteiger partial charge is 0.464 e. The first-order chi connectivity index (χ1) is 7.83. The third-order valence-electron chi connectivity index (χ3n) is 4.37. The molecule has 1 unspecified atom stereocenters. The highest BCUT2D eigenvalue weighted by Crippen LogP contribution is 2.39. The number of nitrogens with zero attached hydrogens (tertiary/aromatic N) is 1. The molecule has 0 saturated carbocycles. The molecule has 2 aliphatic heterocycles. The van der Waals surface area contributed by atoms with E-state index in [1.54, 1.807) is 0 Å². The molecule has 2 fully saturated rings. The Labute approximate surface area is 107 Å². The molecule has 0 radical (unpaired) electrons. The van der Waals surface area contributed by atoms with Crippen LogP contribution in [0.5, 0.6) is 0 Å². The molecule has 0 aliphatic carbocycles. The van der Waals surface area contributed by atoms with Gasteiger partial charge >= 0.3 is 5.97 Å². The minimum atomic E-state index is -1.23. The highest BCUT2D eigenvalue weighted by Gasteiger charge is 2.50. The van der Waals surface area contributed by atoms with Crippen LogP contribution in [-0.2, 0) is 9.53 Å². The molecule has 17 heavy (non-hydrogen) atoms. The normalized spacial score (nSPS) is 33.2. The first kappa shape index (κ1) is 13.3. The molecule has 1 atom stereocenters. The van der Waals surface area contributed by atoms with Crippen LogP contribution in [-0.4, -0.2) is 39.3 Å². The topological polar surface area (TPSA) is 29.5 Å². The predicted molar refractivity (Wildman–Crippen MR) is 75.0 cm³/mol. The van der Waals surface area contributed by atoms with Crippen molar-refractivity contribution < 1.29 is 9.53 Å². The second-order valence-corrected chi connectivity index (χ2v) is 16.4. The maximum atomic E-state index is 11.3. The zero-order valence-electron chi connectivity index (χ0n) is 11.6. The van der Waals surface area contributed by atoms with E-state index in [0.29, 0.717) is 19.1 Å². The summed E-state index contributed by atoms with van der Waals surface area (Å²) in [5.41, 5.74) is 0. The Morgan fingerprint density at radius 2 is 1.76 bits per heavy atom. The molecule has 2 rings (SSSR count). The van der Waals surface area contributed by atoms with E-state index in [0.717, 1.165) is 12.8 Å². The molecule has 0 bridgehead atoms.